The van der Waals surface area contributed by atoms with E-state index in [0.717, 1.165) is 0 Å². The fourth-order valence-corrected chi connectivity index (χ4v) is 3.62. The van der Waals surface area contributed by atoms with Crippen LogP contribution in [0.5, 0.6) is 11.5 Å². The van der Waals surface area contributed by atoms with Crippen molar-refractivity contribution in [1.82, 2.24) is 4.90 Å². The molecule has 0 saturated carbocycles. The van der Waals surface area contributed by atoms with Gasteiger partial charge < -0.3 is 23.8 Å². The minimum Gasteiger partial charge on any atom is -0.432 e. The second kappa shape index (κ2) is 11.0. The van der Waals surface area contributed by atoms with Crippen molar-refractivity contribution < 1.29 is 33.3 Å². The van der Waals surface area contributed by atoms with Gasteiger partial charge in [-0.05, 0) is 42.8 Å². The fourth-order valence-electron chi connectivity index (χ4n) is 3.62. The number of carbonyl (C=O) groups is 3. The van der Waals surface area contributed by atoms with Gasteiger partial charge in [-0.2, -0.15) is 0 Å². The van der Waals surface area contributed by atoms with Crippen LogP contribution < -0.4 is 9.47 Å². The molecule has 4 rings (SSSR count). The monoisotopic (exact) mass is 461 g/mol. The molecule has 0 aromatic heterocycles. The summed E-state index contributed by atoms with van der Waals surface area (Å²) in [5.41, 5.74) is 0.482. The van der Waals surface area contributed by atoms with Crippen LogP contribution in [0.1, 0.15) is 16.8 Å². The van der Waals surface area contributed by atoms with Crippen molar-refractivity contribution in [1.29, 1.82) is 0 Å². The van der Waals surface area contributed by atoms with E-state index in [1.165, 1.54) is 0 Å². The summed E-state index contributed by atoms with van der Waals surface area (Å²) in [4.78, 5) is 38.7. The Balaban J connectivity index is 1.34. The van der Waals surface area contributed by atoms with E-state index in [4.69, 9.17) is 18.9 Å². The maximum Gasteiger partial charge on any atom is 0.513 e. The average Bonchev–Trinajstić information content (AvgIpc) is 2.85. The van der Waals surface area contributed by atoms with E-state index in [1.54, 1.807) is 89.8 Å². The van der Waals surface area contributed by atoms with E-state index in [2.05, 4.69) is 0 Å². The zero-order valence-corrected chi connectivity index (χ0v) is 18.2. The van der Waals surface area contributed by atoms with Gasteiger partial charge in [-0.25, -0.2) is 9.59 Å². The predicted molar refractivity (Wildman–Crippen MR) is 122 cm³/mol. The summed E-state index contributed by atoms with van der Waals surface area (Å²) in [6, 6.07) is 25.1. The zero-order valence-electron chi connectivity index (χ0n) is 18.2. The van der Waals surface area contributed by atoms with Crippen LogP contribution >= 0.6 is 0 Å². The molecule has 2 atom stereocenters. The largest absolute Gasteiger partial charge is 0.513 e. The number of ether oxygens (including phenoxy) is 4. The van der Waals surface area contributed by atoms with E-state index in [0.29, 0.717) is 23.5 Å². The molecule has 8 heteroatoms. The summed E-state index contributed by atoms with van der Waals surface area (Å²) < 4.78 is 20.7. The van der Waals surface area contributed by atoms with Crippen molar-refractivity contribution in [2.45, 2.75) is 18.5 Å². The fraction of sp³-hybridized carbons (Fsp3) is 0.192. The molecule has 1 heterocycles. The number of nitrogens with zero attached hydrogens (tertiary/aromatic N) is 1. The van der Waals surface area contributed by atoms with Crippen molar-refractivity contribution in [2.24, 2.45) is 0 Å². The van der Waals surface area contributed by atoms with Crippen LogP contribution in [-0.2, 0) is 9.47 Å². The van der Waals surface area contributed by atoms with Crippen LogP contribution in [0.15, 0.2) is 91.0 Å². The summed E-state index contributed by atoms with van der Waals surface area (Å²) >= 11 is 0. The van der Waals surface area contributed by atoms with Gasteiger partial charge >= 0.3 is 12.3 Å². The lowest BCUT2D eigenvalue weighted by molar-refractivity contribution is -0.0386. The number of hydrogen-bond donors (Lipinski definition) is 0. The molecule has 0 aliphatic carbocycles. The van der Waals surface area contributed by atoms with Crippen molar-refractivity contribution in [3.8, 4) is 11.5 Å². The Bertz CT molecular complexity index is 1040. The van der Waals surface area contributed by atoms with Crippen molar-refractivity contribution in [3.05, 3.63) is 96.6 Å². The Kier molecular flexibility index (Phi) is 7.39. The molecule has 1 aliphatic rings. The second-order valence-corrected chi connectivity index (χ2v) is 7.57. The molecule has 0 unspecified atom stereocenters. The Morgan fingerprint density at radius 3 is 1.50 bits per heavy atom. The van der Waals surface area contributed by atoms with Gasteiger partial charge in [0, 0.05) is 5.56 Å². The normalized spacial score (nSPS) is 16.6. The molecule has 1 fully saturated rings. The zero-order chi connectivity index (χ0) is 23.8. The SMILES string of the molecule is O=C(OC[C@H]1C[C@H](COC(=O)Oc2ccccc2)N1C(=O)c1ccccc1)Oc1ccccc1. The molecule has 0 spiro atoms. The number of benzene rings is 3. The molecule has 3 aromatic carbocycles. The Morgan fingerprint density at radius 2 is 1.06 bits per heavy atom. The first-order valence-corrected chi connectivity index (χ1v) is 10.8. The lowest BCUT2D eigenvalue weighted by atomic mass is 9.92. The number of carbonyl (C=O) groups excluding carboxylic acids is 3. The molecular formula is C26H23NO7. The van der Waals surface area contributed by atoms with Gasteiger partial charge in [-0.15, -0.1) is 0 Å². The third kappa shape index (κ3) is 5.92. The minimum absolute atomic E-state index is 0.0464. The van der Waals surface area contributed by atoms with Crippen molar-refractivity contribution in [3.63, 3.8) is 0 Å². The summed E-state index contributed by atoms with van der Waals surface area (Å²) in [5.74, 6) is 0.477. The quantitative estimate of drug-likeness (QED) is 0.372. The van der Waals surface area contributed by atoms with Gasteiger partial charge in [0.1, 0.15) is 24.7 Å². The summed E-state index contributed by atoms with van der Waals surface area (Å²) in [6.07, 6.45) is -1.23. The number of amides is 1. The van der Waals surface area contributed by atoms with Gasteiger partial charge in [-0.3, -0.25) is 4.79 Å². The van der Waals surface area contributed by atoms with Crippen LogP contribution in [0, 0.1) is 0 Å². The van der Waals surface area contributed by atoms with E-state index in [9.17, 15) is 14.4 Å². The molecular weight excluding hydrogens is 438 g/mol. The highest BCUT2D eigenvalue weighted by Crippen LogP contribution is 2.29. The van der Waals surface area contributed by atoms with Gasteiger partial charge in [0.2, 0.25) is 0 Å². The Morgan fingerprint density at radius 1 is 0.647 bits per heavy atom. The minimum atomic E-state index is -0.857. The van der Waals surface area contributed by atoms with Gasteiger partial charge in [0.15, 0.2) is 0 Å². The maximum absolute atomic E-state index is 13.1. The molecule has 34 heavy (non-hydrogen) atoms. The molecule has 8 nitrogen and oxygen atoms in total. The highest BCUT2D eigenvalue weighted by Gasteiger charge is 2.43. The number of para-hydroxylation sites is 2. The van der Waals surface area contributed by atoms with Gasteiger partial charge in [0.05, 0.1) is 12.1 Å². The number of likely N-dealkylation sites (tertiary alicyclic amines) is 1. The van der Waals surface area contributed by atoms with Crippen molar-refractivity contribution >= 4 is 18.2 Å². The first-order valence-electron chi connectivity index (χ1n) is 10.8. The third-order valence-corrected chi connectivity index (χ3v) is 5.26. The highest BCUT2D eigenvalue weighted by molar-refractivity contribution is 5.95. The predicted octanol–water partition coefficient (Wildman–Crippen LogP) is 4.70. The van der Waals surface area contributed by atoms with E-state index in [-0.39, 0.29) is 31.2 Å². The second-order valence-electron chi connectivity index (χ2n) is 7.57. The Hall–Kier alpha value is -4.33. The molecule has 0 bridgehead atoms. The van der Waals surface area contributed by atoms with Crippen LogP contribution in [0.3, 0.4) is 0 Å². The Labute approximate surface area is 196 Å². The number of rotatable bonds is 7. The van der Waals surface area contributed by atoms with Crippen LogP contribution in [0.25, 0.3) is 0 Å². The van der Waals surface area contributed by atoms with E-state index in [1.807, 2.05) is 6.07 Å². The topological polar surface area (TPSA) is 91.4 Å². The average molecular weight is 461 g/mol. The summed E-state index contributed by atoms with van der Waals surface area (Å²) in [6.45, 7) is -0.0929. The lowest BCUT2D eigenvalue weighted by Crippen LogP contribution is -2.62. The molecule has 174 valence electrons. The summed E-state index contributed by atoms with van der Waals surface area (Å²) in [5, 5.41) is 0. The standard InChI is InChI=1S/C26H23NO7/c28-24(19-10-4-1-5-11-19)27-20(17-31-25(29)33-22-12-6-2-7-13-22)16-21(27)18-32-26(30)34-23-14-8-3-9-15-23/h1-15,20-21H,16-18H2/t20-,21-/m1/s1. The van der Waals surface area contributed by atoms with Crippen molar-refractivity contribution in [2.75, 3.05) is 13.2 Å². The molecule has 1 amide bonds. The van der Waals surface area contributed by atoms with E-state index >= 15 is 0 Å². The highest BCUT2D eigenvalue weighted by atomic mass is 16.7. The molecule has 0 N–H and O–H groups in total. The van der Waals surface area contributed by atoms with Crippen LogP contribution in [0.4, 0.5) is 9.59 Å². The number of hydrogen-bond acceptors (Lipinski definition) is 7. The van der Waals surface area contributed by atoms with Gasteiger partial charge in [-0.1, -0.05) is 54.6 Å². The molecule has 1 aliphatic heterocycles. The molecule has 1 saturated heterocycles. The molecule has 0 radical (unpaired) electrons. The smallest absolute Gasteiger partial charge is 0.432 e. The van der Waals surface area contributed by atoms with Crippen LogP contribution in [-0.4, -0.2) is 48.4 Å². The summed E-state index contributed by atoms with van der Waals surface area (Å²) in [7, 11) is 0. The van der Waals surface area contributed by atoms with Crippen LogP contribution in [0.2, 0.25) is 0 Å². The lowest BCUT2D eigenvalue weighted by Gasteiger charge is -2.47. The maximum atomic E-state index is 13.1. The first-order chi connectivity index (χ1) is 16.6. The van der Waals surface area contributed by atoms with E-state index < -0.39 is 12.3 Å². The first kappa shape index (κ1) is 22.8. The molecule has 3 aromatic rings. The van der Waals surface area contributed by atoms with Gasteiger partial charge in [0.25, 0.3) is 5.91 Å². The third-order valence-electron chi connectivity index (χ3n) is 5.26.